The first-order chi connectivity index (χ1) is 9.39. The quantitative estimate of drug-likeness (QED) is 0.685. The van der Waals surface area contributed by atoms with Gasteiger partial charge in [0, 0.05) is 17.2 Å². The molecule has 1 nitrogen and oxygen atoms in total. The van der Waals surface area contributed by atoms with Crippen LogP contribution in [0.3, 0.4) is 0 Å². The van der Waals surface area contributed by atoms with Crippen LogP contribution in [0.5, 0.6) is 0 Å². The summed E-state index contributed by atoms with van der Waals surface area (Å²) in [4.78, 5) is 3.91. The molecule has 5 heteroatoms. The number of nitrogens with zero attached hydrogens (tertiary/aromatic N) is 1. The van der Waals surface area contributed by atoms with Crippen molar-refractivity contribution in [2.75, 3.05) is 0 Å². The van der Waals surface area contributed by atoms with Crippen molar-refractivity contribution in [2.24, 2.45) is 0 Å². The Labute approximate surface area is 124 Å². The van der Waals surface area contributed by atoms with Gasteiger partial charge in [-0.1, -0.05) is 35.0 Å². The van der Waals surface area contributed by atoms with Crippen LogP contribution in [0.1, 0.15) is 34.4 Å². The molecule has 0 aliphatic carbocycles. The first-order valence-electron chi connectivity index (χ1n) is 6.10. The van der Waals surface area contributed by atoms with E-state index in [9.17, 15) is 13.2 Å². The third kappa shape index (κ3) is 3.39. The molecule has 1 aromatic carbocycles. The molecule has 0 amide bonds. The Balaban J connectivity index is 2.19. The van der Waals surface area contributed by atoms with Crippen LogP contribution in [0.4, 0.5) is 13.2 Å². The fourth-order valence-corrected chi connectivity index (χ4v) is 2.59. The molecule has 20 heavy (non-hydrogen) atoms. The molecular formula is C15H13BrF3N. The molecule has 2 aromatic rings. The average molecular weight is 344 g/mol. The molecule has 0 aliphatic rings. The second kappa shape index (κ2) is 5.95. The predicted molar refractivity (Wildman–Crippen MR) is 75.8 cm³/mol. The van der Waals surface area contributed by atoms with Crippen molar-refractivity contribution in [1.29, 1.82) is 0 Å². The second-order valence-electron chi connectivity index (χ2n) is 4.59. The van der Waals surface area contributed by atoms with Gasteiger partial charge in [0.25, 0.3) is 0 Å². The highest BCUT2D eigenvalue weighted by Crippen LogP contribution is 2.38. The molecule has 0 bridgehead atoms. The number of benzene rings is 1. The molecule has 0 saturated carbocycles. The summed E-state index contributed by atoms with van der Waals surface area (Å²) in [5.41, 5.74) is 1.28. The zero-order valence-corrected chi connectivity index (χ0v) is 12.3. The first kappa shape index (κ1) is 15.0. The molecule has 2 atom stereocenters. The van der Waals surface area contributed by atoms with Crippen molar-refractivity contribution in [3.05, 3.63) is 65.5 Å². The van der Waals surface area contributed by atoms with Crippen molar-refractivity contribution >= 4 is 15.9 Å². The van der Waals surface area contributed by atoms with Crippen molar-refractivity contribution in [3.63, 3.8) is 0 Å². The maximum atomic E-state index is 12.5. The SMILES string of the molecule is CC(c1ccncc1)C(Br)c1ccc(C(F)(F)F)cc1. The van der Waals surface area contributed by atoms with Gasteiger partial charge in [0.15, 0.2) is 0 Å². The largest absolute Gasteiger partial charge is 0.416 e. The van der Waals surface area contributed by atoms with Gasteiger partial charge in [-0.25, -0.2) is 0 Å². The highest BCUT2D eigenvalue weighted by molar-refractivity contribution is 9.09. The molecule has 0 saturated heterocycles. The molecule has 0 spiro atoms. The van der Waals surface area contributed by atoms with E-state index in [0.717, 1.165) is 23.3 Å². The highest BCUT2D eigenvalue weighted by Gasteiger charge is 2.30. The summed E-state index contributed by atoms with van der Waals surface area (Å²) in [5, 5.41) is 0. The summed E-state index contributed by atoms with van der Waals surface area (Å²) < 4.78 is 37.6. The molecule has 0 aliphatic heterocycles. The second-order valence-corrected chi connectivity index (χ2v) is 5.58. The Bertz CT molecular complexity index is 552. The zero-order valence-electron chi connectivity index (χ0n) is 10.7. The molecule has 1 heterocycles. The number of rotatable bonds is 3. The van der Waals surface area contributed by atoms with E-state index in [0.29, 0.717) is 0 Å². The standard InChI is InChI=1S/C15H13BrF3N/c1-10(11-6-8-20-9-7-11)14(16)12-2-4-13(5-3-12)15(17,18)19/h2-10,14H,1H3. The van der Waals surface area contributed by atoms with E-state index >= 15 is 0 Å². The summed E-state index contributed by atoms with van der Waals surface area (Å²) in [6.07, 6.45) is -0.881. The average Bonchev–Trinajstić information content (AvgIpc) is 2.46. The Kier molecular flexibility index (Phi) is 4.48. The minimum atomic E-state index is -4.29. The molecule has 0 N–H and O–H groups in total. The summed E-state index contributed by atoms with van der Waals surface area (Å²) in [6.45, 7) is 2.02. The maximum absolute atomic E-state index is 12.5. The van der Waals surface area contributed by atoms with Gasteiger partial charge >= 0.3 is 6.18 Å². The maximum Gasteiger partial charge on any atom is 0.416 e. The molecule has 2 rings (SSSR count). The van der Waals surface area contributed by atoms with Crippen LogP contribution in [0.15, 0.2) is 48.8 Å². The van der Waals surface area contributed by atoms with Gasteiger partial charge in [-0.05, 0) is 41.3 Å². The molecule has 0 fully saturated rings. The van der Waals surface area contributed by atoms with E-state index in [2.05, 4.69) is 20.9 Å². The smallest absolute Gasteiger partial charge is 0.265 e. The highest BCUT2D eigenvalue weighted by atomic mass is 79.9. The van der Waals surface area contributed by atoms with Crippen LogP contribution in [-0.4, -0.2) is 4.98 Å². The third-order valence-electron chi connectivity index (χ3n) is 3.23. The summed E-state index contributed by atoms with van der Waals surface area (Å²) >= 11 is 3.56. The van der Waals surface area contributed by atoms with Gasteiger partial charge in [0.05, 0.1) is 5.56 Å². The zero-order chi connectivity index (χ0) is 14.8. The van der Waals surface area contributed by atoms with Crippen molar-refractivity contribution < 1.29 is 13.2 Å². The first-order valence-corrected chi connectivity index (χ1v) is 7.02. The van der Waals surface area contributed by atoms with E-state index in [4.69, 9.17) is 0 Å². The predicted octanol–water partition coefficient (Wildman–Crippen LogP) is 5.34. The van der Waals surface area contributed by atoms with E-state index in [-0.39, 0.29) is 10.7 Å². The lowest BCUT2D eigenvalue weighted by Gasteiger charge is -2.19. The normalized spacial score (nSPS) is 14.8. The third-order valence-corrected chi connectivity index (χ3v) is 4.55. The van der Waals surface area contributed by atoms with Gasteiger partial charge in [-0.2, -0.15) is 13.2 Å². The number of pyridine rings is 1. The molecule has 0 radical (unpaired) electrons. The van der Waals surface area contributed by atoms with Crippen LogP contribution in [0.25, 0.3) is 0 Å². The van der Waals surface area contributed by atoms with Gasteiger partial charge < -0.3 is 0 Å². The van der Waals surface area contributed by atoms with E-state index in [1.165, 1.54) is 12.1 Å². The summed E-state index contributed by atoms with van der Waals surface area (Å²) in [7, 11) is 0. The Morgan fingerprint density at radius 1 is 0.950 bits per heavy atom. The molecular weight excluding hydrogens is 331 g/mol. The summed E-state index contributed by atoms with van der Waals surface area (Å²) in [5.74, 6) is 0.134. The Morgan fingerprint density at radius 2 is 1.50 bits per heavy atom. The van der Waals surface area contributed by atoms with Gasteiger partial charge in [-0.3, -0.25) is 4.98 Å². The van der Waals surface area contributed by atoms with Crippen LogP contribution in [0.2, 0.25) is 0 Å². The number of hydrogen-bond acceptors (Lipinski definition) is 1. The topological polar surface area (TPSA) is 12.9 Å². The van der Waals surface area contributed by atoms with E-state index in [1.807, 2.05) is 19.1 Å². The Hall–Kier alpha value is -1.36. The van der Waals surface area contributed by atoms with Crippen molar-refractivity contribution in [2.45, 2.75) is 23.8 Å². The lowest BCUT2D eigenvalue weighted by molar-refractivity contribution is -0.137. The molecule has 1 aromatic heterocycles. The van der Waals surface area contributed by atoms with Gasteiger partial charge in [-0.15, -0.1) is 0 Å². The number of hydrogen-bond donors (Lipinski definition) is 0. The Morgan fingerprint density at radius 3 is 2.00 bits per heavy atom. The summed E-state index contributed by atoms with van der Waals surface area (Å²) in [6, 6.07) is 9.07. The molecule has 2 unspecified atom stereocenters. The van der Waals surface area contributed by atoms with Gasteiger partial charge in [0.1, 0.15) is 0 Å². The molecule has 106 valence electrons. The lowest BCUT2D eigenvalue weighted by atomic mass is 9.94. The number of halogens is 4. The minimum Gasteiger partial charge on any atom is -0.265 e. The van der Waals surface area contributed by atoms with Crippen molar-refractivity contribution in [1.82, 2.24) is 4.98 Å². The fraction of sp³-hybridized carbons (Fsp3) is 0.267. The van der Waals surface area contributed by atoms with E-state index in [1.54, 1.807) is 12.4 Å². The fourth-order valence-electron chi connectivity index (χ4n) is 1.98. The lowest BCUT2D eigenvalue weighted by Crippen LogP contribution is -2.06. The number of aromatic nitrogens is 1. The number of alkyl halides is 4. The van der Waals surface area contributed by atoms with Crippen molar-refractivity contribution in [3.8, 4) is 0 Å². The minimum absolute atomic E-state index is 0.0489. The van der Waals surface area contributed by atoms with Crippen LogP contribution < -0.4 is 0 Å². The van der Waals surface area contributed by atoms with Crippen LogP contribution in [-0.2, 0) is 6.18 Å². The van der Waals surface area contributed by atoms with Crippen LogP contribution >= 0.6 is 15.9 Å². The monoisotopic (exact) mass is 343 g/mol. The van der Waals surface area contributed by atoms with Crippen LogP contribution in [0, 0.1) is 0 Å². The van der Waals surface area contributed by atoms with E-state index < -0.39 is 11.7 Å². The van der Waals surface area contributed by atoms with Gasteiger partial charge in [0.2, 0.25) is 0 Å².